The number of carbonyl (C=O) groups excluding carboxylic acids is 2. The van der Waals surface area contributed by atoms with E-state index in [0.29, 0.717) is 32.6 Å². The van der Waals surface area contributed by atoms with E-state index in [1.54, 1.807) is 41.8 Å². The Hall–Kier alpha value is -5.02. The maximum Gasteiger partial charge on any atom is 0.355 e. The van der Waals surface area contributed by atoms with Crippen molar-refractivity contribution in [1.82, 2.24) is 19.8 Å². The first-order valence-electron chi connectivity index (χ1n) is 11.8. The van der Waals surface area contributed by atoms with Gasteiger partial charge in [-0.3, -0.25) is 4.90 Å². The molecule has 0 radical (unpaired) electrons. The molecule has 1 unspecified atom stereocenters. The van der Waals surface area contributed by atoms with Gasteiger partial charge in [0.2, 0.25) is 4.96 Å². The van der Waals surface area contributed by atoms with Crippen molar-refractivity contribution in [2.45, 2.75) is 19.8 Å². The summed E-state index contributed by atoms with van der Waals surface area (Å²) in [6, 6.07) is 16.5. The molecule has 1 aliphatic heterocycles. The molecular formula is C27H23N7O4S. The zero-order chi connectivity index (χ0) is 27.8. The first-order chi connectivity index (χ1) is 18.8. The SMILES string of the molecule is COC(=O)C1=C(C(=O)OC)N(c2cc(-c3nn4c(C)nnc4s3)ccc2C)C(N)=C(C#N)C1c1ccccc1. The Morgan fingerprint density at radius 2 is 1.77 bits per heavy atom. The van der Waals surface area contributed by atoms with Gasteiger partial charge in [-0.05, 0) is 31.0 Å². The van der Waals surface area contributed by atoms with Crippen molar-refractivity contribution >= 4 is 33.9 Å². The highest BCUT2D eigenvalue weighted by molar-refractivity contribution is 7.19. The number of rotatable bonds is 5. The normalized spacial score (nSPS) is 15.5. The fourth-order valence-corrected chi connectivity index (χ4v) is 5.46. The Bertz CT molecular complexity index is 1730. The predicted octanol–water partition coefficient (Wildman–Crippen LogP) is 3.37. The van der Waals surface area contributed by atoms with Gasteiger partial charge in [-0.2, -0.15) is 14.9 Å². The highest BCUT2D eigenvalue weighted by Gasteiger charge is 2.43. The van der Waals surface area contributed by atoms with Crippen LogP contribution in [0, 0.1) is 25.2 Å². The maximum absolute atomic E-state index is 13.4. The van der Waals surface area contributed by atoms with Crippen LogP contribution < -0.4 is 10.6 Å². The lowest BCUT2D eigenvalue weighted by molar-refractivity contribution is -0.139. The molecule has 0 spiro atoms. The molecule has 11 nitrogen and oxygen atoms in total. The molecule has 0 saturated heterocycles. The van der Waals surface area contributed by atoms with Gasteiger partial charge >= 0.3 is 11.9 Å². The first-order valence-corrected chi connectivity index (χ1v) is 12.6. The average Bonchev–Trinajstić information content (AvgIpc) is 3.54. The molecule has 5 rings (SSSR count). The lowest BCUT2D eigenvalue weighted by atomic mass is 9.80. The predicted molar refractivity (Wildman–Crippen MR) is 143 cm³/mol. The zero-order valence-electron chi connectivity index (χ0n) is 21.5. The summed E-state index contributed by atoms with van der Waals surface area (Å²) in [4.78, 5) is 28.7. The van der Waals surface area contributed by atoms with Crippen LogP contribution in [-0.2, 0) is 19.1 Å². The summed E-state index contributed by atoms with van der Waals surface area (Å²) in [5, 5.41) is 23.7. The Labute approximate surface area is 227 Å². The number of nitrogens with zero attached hydrogens (tertiary/aromatic N) is 6. The summed E-state index contributed by atoms with van der Waals surface area (Å²) in [6.07, 6.45) is 0. The third-order valence-electron chi connectivity index (χ3n) is 6.45. The van der Waals surface area contributed by atoms with E-state index in [-0.39, 0.29) is 22.7 Å². The van der Waals surface area contributed by atoms with Crippen LogP contribution in [0.1, 0.15) is 22.9 Å². The smallest absolute Gasteiger partial charge is 0.355 e. The number of anilines is 1. The molecule has 12 heteroatoms. The van der Waals surface area contributed by atoms with Crippen LogP contribution in [0.3, 0.4) is 0 Å². The van der Waals surface area contributed by atoms with Crippen LogP contribution in [0.15, 0.2) is 71.2 Å². The van der Waals surface area contributed by atoms with Gasteiger partial charge in [-0.25, -0.2) is 9.59 Å². The quantitative estimate of drug-likeness (QED) is 0.373. The van der Waals surface area contributed by atoms with Crippen LogP contribution in [0.4, 0.5) is 5.69 Å². The van der Waals surface area contributed by atoms with Crippen molar-refractivity contribution in [3.63, 3.8) is 0 Å². The van der Waals surface area contributed by atoms with E-state index in [1.165, 1.54) is 30.5 Å². The number of benzene rings is 2. The third kappa shape index (κ3) is 4.18. The number of aromatic nitrogens is 4. The highest BCUT2D eigenvalue weighted by atomic mass is 32.1. The number of aryl methyl sites for hydroxylation is 2. The van der Waals surface area contributed by atoms with Gasteiger partial charge in [0, 0.05) is 5.56 Å². The summed E-state index contributed by atoms with van der Waals surface area (Å²) in [6.45, 7) is 3.63. The standard InChI is InChI=1S/C27H23N7O4S/c1-14-10-11-17(24-32-34-15(2)30-31-27(34)39-24)12-19(14)33-22(26(36)38-4)21(25(35)37-3)20(18(13-28)23(33)29)16-8-6-5-7-9-16/h5-12,20H,29H2,1-4H3. The van der Waals surface area contributed by atoms with Crippen molar-refractivity contribution in [3.05, 3.63) is 88.1 Å². The average molecular weight is 542 g/mol. The fourth-order valence-electron chi connectivity index (χ4n) is 4.58. The monoisotopic (exact) mass is 541 g/mol. The molecule has 1 atom stereocenters. The van der Waals surface area contributed by atoms with Crippen LogP contribution in [0.2, 0.25) is 0 Å². The molecule has 0 aliphatic carbocycles. The van der Waals surface area contributed by atoms with E-state index in [2.05, 4.69) is 21.4 Å². The molecule has 0 fully saturated rings. The van der Waals surface area contributed by atoms with Gasteiger partial charge in [0.1, 0.15) is 16.5 Å². The minimum absolute atomic E-state index is 0.00589. The fraction of sp³-hybridized carbons (Fsp3) is 0.185. The number of hydrogen-bond donors (Lipinski definition) is 1. The number of esters is 2. The largest absolute Gasteiger partial charge is 0.466 e. The van der Waals surface area contributed by atoms with Gasteiger partial charge in [-0.15, -0.1) is 10.2 Å². The van der Waals surface area contributed by atoms with Crippen molar-refractivity contribution in [2.24, 2.45) is 5.73 Å². The van der Waals surface area contributed by atoms with E-state index in [9.17, 15) is 14.9 Å². The Kier molecular flexibility index (Phi) is 6.59. The van der Waals surface area contributed by atoms with Crippen LogP contribution in [0.5, 0.6) is 0 Å². The lowest BCUT2D eigenvalue weighted by Gasteiger charge is -2.36. The molecule has 4 aromatic rings. The summed E-state index contributed by atoms with van der Waals surface area (Å²) in [5.74, 6) is -1.90. The molecular weight excluding hydrogens is 518 g/mol. The Morgan fingerprint density at radius 1 is 1.05 bits per heavy atom. The van der Waals surface area contributed by atoms with Crippen molar-refractivity contribution in [1.29, 1.82) is 5.26 Å². The molecule has 196 valence electrons. The molecule has 39 heavy (non-hydrogen) atoms. The second kappa shape index (κ2) is 10.0. The van der Waals surface area contributed by atoms with Gasteiger partial charge in [0.25, 0.3) is 0 Å². The van der Waals surface area contributed by atoms with Crippen molar-refractivity contribution in [2.75, 3.05) is 19.1 Å². The summed E-state index contributed by atoms with van der Waals surface area (Å²) < 4.78 is 11.9. The minimum atomic E-state index is -0.945. The van der Waals surface area contributed by atoms with E-state index < -0.39 is 17.9 Å². The van der Waals surface area contributed by atoms with E-state index >= 15 is 0 Å². The summed E-state index contributed by atoms with van der Waals surface area (Å²) in [7, 11) is 2.43. The van der Waals surface area contributed by atoms with Gasteiger partial charge in [0.15, 0.2) is 5.82 Å². The second-order valence-corrected chi connectivity index (χ2v) is 9.64. The Morgan fingerprint density at radius 3 is 2.41 bits per heavy atom. The van der Waals surface area contributed by atoms with Gasteiger partial charge in [-0.1, -0.05) is 53.8 Å². The van der Waals surface area contributed by atoms with Crippen LogP contribution >= 0.6 is 11.3 Å². The number of ether oxygens (including phenoxy) is 2. The number of methoxy groups -OCH3 is 2. The maximum atomic E-state index is 13.4. The third-order valence-corrected chi connectivity index (χ3v) is 7.40. The van der Waals surface area contributed by atoms with E-state index in [1.807, 2.05) is 25.1 Å². The van der Waals surface area contributed by atoms with Crippen LogP contribution in [-0.4, -0.2) is 46.0 Å². The second-order valence-electron chi connectivity index (χ2n) is 8.69. The van der Waals surface area contributed by atoms with Crippen LogP contribution in [0.25, 0.3) is 15.5 Å². The van der Waals surface area contributed by atoms with Crippen molar-refractivity contribution < 1.29 is 19.1 Å². The number of nitriles is 1. The van der Waals surface area contributed by atoms with E-state index in [0.717, 1.165) is 5.56 Å². The van der Waals surface area contributed by atoms with Gasteiger partial charge in [0.05, 0.1) is 43.0 Å². The molecule has 2 N–H and O–H groups in total. The summed E-state index contributed by atoms with van der Waals surface area (Å²) in [5.41, 5.74) is 9.06. The molecule has 1 aliphatic rings. The molecule has 3 heterocycles. The minimum Gasteiger partial charge on any atom is -0.466 e. The van der Waals surface area contributed by atoms with Crippen molar-refractivity contribution in [3.8, 4) is 16.6 Å². The number of allylic oxidation sites excluding steroid dienone is 1. The number of fused-ring (bicyclic) bond motifs is 1. The molecule has 2 aromatic carbocycles. The summed E-state index contributed by atoms with van der Waals surface area (Å²) >= 11 is 1.34. The lowest BCUT2D eigenvalue weighted by Crippen LogP contribution is -2.41. The molecule has 0 bridgehead atoms. The molecule has 0 amide bonds. The molecule has 0 saturated carbocycles. The number of hydrogen-bond acceptors (Lipinski definition) is 11. The molecule has 2 aromatic heterocycles. The topological polar surface area (TPSA) is 149 Å². The van der Waals surface area contributed by atoms with Gasteiger partial charge < -0.3 is 15.2 Å². The number of carbonyl (C=O) groups is 2. The zero-order valence-corrected chi connectivity index (χ0v) is 22.3. The first kappa shape index (κ1) is 25.6. The number of nitrogens with two attached hydrogens (primary N) is 1. The highest BCUT2D eigenvalue weighted by Crippen LogP contribution is 2.44. The van der Waals surface area contributed by atoms with E-state index in [4.69, 9.17) is 15.2 Å². The Balaban J connectivity index is 1.78.